The van der Waals surface area contributed by atoms with Crippen molar-refractivity contribution in [2.24, 2.45) is 0 Å². The predicted molar refractivity (Wildman–Crippen MR) is 95.7 cm³/mol. The highest BCUT2D eigenvalue weighted by Gasteiger charge is 2.31. The van der Waals surface area contributed by atoms with Gasteiger partial charge in [-0.05, 0) is 61.0 Å². The maximum absolute atomic E-state index is 13.4. The Labute approximate surface area is 157 Å². The summed E-state index contributed by atoms with van der Waals surface area (Å²) in [5, 5.41) is 0. The first kappa shape index (κ1) is 18.0. The molecule has 142 valence electrons. The molecule has 0 spiro atoms. The Hall–Kier alpha value is -3.42. The van der Waals surface area contributed by atoms with E-state index in [1.54, 1.807) is 30.1 Å². The van der Waals surface area contributed by atoms with E-state index in [4.69, 9.17) is 0 Å². The number of ether oxygens (including phenoxy) is 1. The van der Waals surface area contributed by atoms with E-state index >= 15 is 0 Å². The van der Waals surface area contributed by atoms with E-state index in [1.807, 2.05) is 6.07 Å². The largest absolute Gasteiger partial charge is 0.573 e. The summed E-state index contributed by atoms with van der Waals surface area (Å²) >= 11 is 0. The van der Waals surface area contributed by atoms with Crippen molar-refractivity contribution in [2.45, 2.75) is 13.3 Å². The van der Waals surface area contributed by atoms with Crippen molar-refractivity contribution in [3.05, 3.63) is 72.4 Å². The zero-order valence-electron chi connectivity index (χ0n) is 14.5. The van der Waals surface area contributed by atoms with Gasteiger partial charge in [0.25, 0.3) is 0 Å². The fourth-order valence-electron chi connectivity index (χ4n) is 2.99. The Morgan fingerprint density at radius 1 is 0.964 bits per heavy atom. The molecule has 2 aromatic heterocycles. The van der Waals surface area contributed by atoms with E-state index in [9.17, 15) is 17.6 Å². The van der Waals surface area contributed by atoms with Crippen molar-refractivity contribution in [2.75, 3.05) is 0 Å². The van der Waals surface area contributed by atoms with Gasteiger partial charge in [0.1, 0.15) is 23.4 Å². The number of alkyl halides is 3. The summed E-state index contributed by atoms with van der Waals surface area (Å²) in [6, 6.07) is 11.7. The third-order valence-corrected chi connectivity index (χ3v) is 4.25. The number of halogens is 4. The number of pyridine rings is 1. The summed E-state index contributed by atoms with van der Waals surface area (Å²) in [5.41, 5.74) is 4.13. The molecule has 0 radical (unpaired) electrons. The van der Waals surface area contributed by atoms with Crippen LogP contribution in [0.3, 0.4) is 0 Å². The minimum Gasteiger partial charge on any atom is -0.406 e. The fraction of sp³-hybridized carbons (Fsp3) is 0.100. The normalized spacial score (nSPS) is 11.8. The lowest BCUT2D eigenvalue weighted by atomic mass is 10.0. The van der Waals surface area contributed by atoms with Gasteiger partial charge in [-0.15, -0.1) is 13.2 Å². The van der Waals surface area contributed by atoms with Gasteiger partial charge in [-0.25, -0.2) is 9.37 Å². The number of rotatable bonds is 3. The molecule has 8 heteroatoms. The smallest absolute Gasteiger partial charge is 0.406 e. The predicted octanol–water partition coefficient (Wildman–Crippen LogP) is 5.43. The van der Waals surface area contributed by atoms with Crippen LogP contribution in [0, 0.1) is 12.7 Å². The molecule has 0 fully saturated rings. The van der Waals surface area contributed by atoms with Crippen LogP contribution in [0.5, 0.6) is 5.75 Å². The standard InChI is InChI=1S/C20H13F4N3O/c1-12-8-13(21)2-7-16(12)17-9-19-18(10-25-17)26-11-27(19)14-3-5-15(6-4-14)28-20(22,23)24/h2-11H,1H3. The highest BCUT2D eigenvalue weighted by Crippen LogP contribution is 2.28. The topological polar surface area (TPSA) is 39.9 Å². The van der Waals surface area contributed by atoms with Crippen LogP contribution >= 0.6 is 0 Å². The number of fused-ring (bicyclic) bond motifs is 1. The van der Waals surface area contributed by atoms with Crippen LogP contribution in [-0.4, -0.2) is 20.9 Å². The fourth-order valence-corrected chi connectivity index (χ4v) is 2.99. The number of imidazole rings is 1. The molecule has 0 bridgehead atoms. The number of nitrogens with zero attached hydrogens (tertiary/aromatic N) is 3. The minimum absolute atomic E-state index is 0.301. The van der Waals surface area contributed by atoms with Crippen molar-refractivity contribution in [3.8, 4) is 22.7 Å². The molecule has 0 atom stereocenters. The van der Waals surface area contributed by atoms with Gasteiger partial charge in [-0.1, -0.05) is 0 Å². The van der Waals surface area contributed by atoms with E-state index in [0.29, 0.717) is 16.9 Å². The molecule has 0 unspecified atom stereocenters. The Morgan fingerprint density at radius 2 is 1.71 bits per heavy atom. The molecular formula is C20H13F4N3O. The Bertz CT molecular complexity index is 1150. The SMILES string of the molecule is Cc1cc(F)ccc1-c1cc2c(cn1)ncn2-c1ccc(OC(F)(F)F)cc1. The second-order valence-electron chi connectivity index (χ2n) is 6.17. The minimum atomic E-state index is -4.74. The Morgan fingerprint density at radius 3 is 2.39 bits per heavy atom. The molecule has 0 aliphatic carbocycles. The third-order valence-electron chi connectivity index (χ3n) is 4.25. The first-order valence-electron chi connectivity index (χ1n) is 8.26. The molecule has 0 aliphatic heterocycles. The summed E-state index contributed by atoms with van der Waals surface area (Å²) < 4.78 is 56.0. The average Bonchev–Trinajstić information content (AvgIpc) is 3.04. The molecule has 0 saturated carbocycles. The van der Waals surface area contributed by atoms with Gasteiger partial charge in [-0.2, -0.15) is 0 Å². The van der Waals surface area contributed by atoms with Crippen molar-refractivity contribution in [1.29, 1.82) is 0 Å². The van der Waals surface area contributed by atoms with E-state index < -0.39 is 6.36 Å². The van der Waals surface area contributed by atoms with Crippen LogP contribution in [0.15, 0.2) is 61.1 Å². The van der Waals surface area contributed by atoms with Gasteiger partial charge in [0.05, 0.1) is 17.4 Å². The van der Waals surface area contributed by atoms with Crippen molar-refractivity contribution >= 4 is 11.0 Å². The maximum Gasteiger partial charge on any atom is 0.573 e. The third kappa shape index (κ3) is 3.53. The Balaban J connectivity index is 1.74. The van der Waals surface area contributed by atoms with Crippen LogP contribution < -0.4 is 4.74 Å². The maximum atomic E-state index is 13.4. The van der Waals surface area contributed by atoms with Crippen LogP contribution in [0.1, 0.15) is 5.56 Å². The van der Waals surface area contributed by atoms with E-state index in [-0.39, 0.29) is 11.6 Å². The number of hydrogen-bond donors (Lipinski definition) is 0. The molecule has 0 aliphatic rings. The van der Waals surface area contributed by atoms with Crippen LogP contribution in [0.25, 0.3) is 28.0 Å². The quantitative estimate of drug-likeness (QED) is 0.440. The average molecular weight is 387 g/mol. The zero-order valence-corrected chi connectivity index (χ0v) is 14.5. The number of aromatic nitrogens is 3. The van der Waals surface area contributed by atoms with Gasteiger partial charge in [-0.3, -0.25) is 9.55 Å². The van der Waals surface area contributed by atoms with Crippen LogP contribution in [0.2, 0.25) is 0 Å². The molecule has 4 nitrogen and oxygen atoms in total. The molecule has 4 rings (SSSR count). The Kier molecular flexibility index (Phi) is 4.26. The van der Waals surface area contributed by atoms with Gasteiger partial charge >= 0.3 is 6.36 Å². The molecule has 0 N–H and O–H groups in total. The molecular weight excluding hydrogens is 374 g/mol. The second kappa shape index (κ2) is 6.63. The van der Waals surface area contributed by atoms with E-state index in [1.165, 1.54) is 36.4 Å². The van der Waals surface area contributed by atoms with Gasteiger partial charge in [0, 0.05) is 11.3 Å². The monoisotopic (exact) mass is 387 g/mol. The highest BCUT2D eigenvalue weighted by atomic mass is 19.4. The number of aryl methyl sites for hydroxylation is 1. The summed E-state index contributed by atoms with van der Waals surface area (Å²) in [6.45, 7) is 1.79. The van der Waals surface area contributed by atoms with E-state index in [2.05, 4.69) is 14.7 Å². The van der Waals surface area contributed by atoms with Crippen LogP contribution in [0.4, 0.5) is 17.6 Å². The molecule has 4 aromatic rings. The lowest BCUT2D eigenvalue weighted by Crippen LogP contribution is -2.17. The second-order valence-corrected chi connectivity index (χ2v) is 6.17. The van der Waals surface area contributed by atoms with Gasteiger partial charge in [0.2, 0.25) is 0 Å². The molecule has 28 heavy (non-hydrogen) atoms. The summed E-state index contributed by atoms with van der Waals surface area (Å²) in [4.78, 5) is 8.66. The highest BCUT2D eigenvalue weighted by molar-refractivity contribution is 5.81. The number of hydrogen-bond acceptors (Lipinski definition) is 3. The zero-order chi connectivity index (χ0) is 19.9. The van der Waals surface area contributed by atoms with Crippen LogP contribution in [-0.2, 0) is 0 Å². The summed E-state index contributed by atoms with van der Waals surface area (Å²) in [6.07, 6.45) is -1.57. The van der Waals surface area contributed by atoms with E-state index in [0.717, 1.165) is 16.6 Å². The molecule has 0 amide bonds. The molecule has 2 heterocycles. The lowest BCUT2D eigenvalue weighted by Gasteiger charge is -2.10. The van der Waals surface area contributed by atoms with Crippen molar-refractivity contribution in [3.63, 3.8) is 0 Å². The summed E-state index contributed by atoms with van der Waals surface area (Å²) in [5.74, 6) is -0.626. The van der Waals surface area contributed by atoms with Gasteiger partial charge in [0.15, 0.2) is 0 Å². The molecule has 0 saturated heterocycles. The number of benzene rings is 2. The first-order valence-corrected chi connectivity index (χ1v) is 8.26. The molecule has 2 aromatic carbocycles. The van der Waals surface area contributed by atoms with Gasteiger partial charge < -0.3 is 4.74 Å². The lowest BCUT2D eigenvalue weighted by molar-refractivity contribution is -0.274. The first-order chi connectivity index (χ1) is 13.3. The van der Waals surface area contributed by atoms with Crippen molar-refractivity contribution < 1.29 is 22.3 Å². The summed E-state index contributed by atoms with van der Waals surface area (Å²) in [7, 11) is 0. The van der Waals surface area contributed by atoms with Crippen molar-refractivity contribution in [1.82, 2.24) is 14.5 Å².